The van der Waals surface area contributed by atoms with Gasteiger partial charge in [0.2, 0.25) is 5.88 Å². The first-order chi connectivity index (χ1) is 16.1. The number of H-pyrrole nitrogens is 1. The van der Waals surface area contributed by atoms with Crippen LogP contribution in [0.2, 0.25) is 0 Å². The predicted molar refractivity (Wildman–Crippen MR) is 122 cm³/mol. The van der Waals surface area contributed by atoms with Crippen LogP contribution in [-0.2, 0) is 6.54 Å². The number of nitrogens with zero attached hydrogens (tertiary/aromatic N) is 5. The van der Waals surface area contributed by atoms with E-state index in [1.807, 2.05) is 4.90 Å². The zero-order valence-corrected chi connectivity index (χ0v) is 18.8. The Morgan fingerprint density at radius 1 is 1.15 bits per heavy atom. The van der Waals surface area contributed by atoms with Gasteiger partial charge in [-0.25, -0.2) is 9.97 Å². The molecule has 2 aliphatic heterocycles. The lowest BCUT2D eigenvalue weighted by Crippen LogP contribution is -2.61. The average molecular weight is 445 g/mol. The maximum Gasteiger partial charge on any atom is 0.255 e. The number of hydrogen-bond acceptors (Lipinski definition) is 6. The summed E-state index contributed by atoms with van der Waals surface area (Å²) < 4.78 is 5.11. The smallest absolute Gasteiger partial charge is 0.255 e. The summed E-state index contributed by atoms with van der Waals surface area (Å²) in [6, 6.07) is 14.1. The quantitative estimate of drug-likeness (QED) is 0.629. The number of carbonyl (C=O) groups excluding carboxylic acids is 1. The minimum Gasteiger partial charge on any atom is -0.481 e. The summed E-state index contributed by atoms with van der Waals surface area (Å²) in [7, 11) is 1.57. The van der Waals surface area contributed by atoms with Gasteiger partial charge in [0, 0.05) is 62.2 Å². The number of rotatable bonds is 6. The van der Waals surface area contributed by atoms with E-state index >= 15 is 0 Å². The second-order valence-electron chi connectivity index (χ2n) is 9.67. The van der Waals surface area contributed by atoms with Gasteiger partial charge in [0.25, 0.3) is 5.91 Å². The molecule has 3 aliphatic rings. The first kappa shape index (κ1) is 20.4. The molecule has 170 valence electrons. The fourth-order valence-corrected chi connectivity index (χ4v) is 5.37. The number of aromatic nitrogens is 4. The summed E-state index contributed by atoms with van der Waals surface area (Å²) >= 11 is 0. The van der Waals surface area contributed by atoms with Crippen molar-refractivity contribution in [2.45, 2.75) is 31.2 Å². The third-order valence-corrected chi connectivity index (χ3v) is 7.25. The average Bonchev–Trinajstić information content (AvgIpc) is 3.43. The van der Waals surface area contributed by atoms with Gasteiger partial charge >= 0.3 is 0 Å². The summed E-state index contributed by atoms with van der Waals surface area (Å²) in [6.07, 6.45) is 3.97. The molecule has 1 atom stereocenters. The van der Waals surface area contributed by atoms with Crippen molar-refractivity contribution in [3.8, 4) is 5.88 Å². The second-order valence-corrected chi connectivity index (χ2v) is 9.67. The van der Waals surface area contributed by atoms with Crippen molar-refractivity contribution in [1.82, 2.24) is 30.0 Å². The van der Waals surface area contributed by atoms with Gasteiger partial charge in [0.1, 0.15) is 5.82 Å². The maximum absolute atomic E-state index is 13.1. The van der Waals surface area contributed by atoms with E-state index in [0.717, 1.165) is 31.3 Å². The number of aromatic amines is 1. The number of hydrogen-bond donors (Lipinski definition) is 1. The van der Waals surface area contributed by atoms with Gasteiger partial charge < -0.3 is 9.64 Å². The lowest BCUT2D eigenvalue weighted by atomic mass is 9.71. The topological polar surface area (TPSA) is 87.2 Å². The molecule has 1 saturated carbocycles. The first-order valence-electron chi connectivity index (χ1n) is 11.6. The molecule has 2 saturated heterocycles. The zero-order chi connectivity index (χ0) is 22.4. The van der Waals surface area contributed by atoms with E-state index in [0.29, 0.717) is 30.5 Å². The van der Waals surface area contributed by atoms with E-state index in [2.05, 4.69) is 50.4 Å². The number of methoxy groups -OCH3 is 1. The van der Waals surface area contributed by atoms with Crippen molar-refractivity contribution in [2.24, 2.45) is 5.41 Å². The van der Waals surface area contributed by atoms with Gasteiger partial charge in [0.05, 0.1) is 12.7 Å². The van der Waals surface area contributed by atoms with E-state index in [-0.39, 0.29) is 17.2 Å². The van der Waals surface area contributed by atoms with Crippen molar-refractivity contribution in [2.75, 3.05) is 33.3 Å². The number of nitrogens with one attached hydrogen (secondary N) is 1. The molecule has 8 heteroatoms. The summed E-state index contributed by atoms with van der Waals surface area (Å²) in [5, 5.41) is 7.77. The van der Waals surface area contributed by atoms with E-state index in [4.69, 9.17) is 9.72 Å². The predicted octanol–water partition coefficient (Wildman–Crippen LogP) is 2.83. The largest absolute Gasteiger partial charge is 0.481 e. The van der Waals surface area contributed by atoms with E-state index in [9.17, 15) is 4.79 Å². The summed E-state index contributed by atoms with van der Waals surface area (Å²) in [4.78, 5) is 26.6. The molecule has 0 radical (unpaired) electrons. The minimum atomic E-state index is -0.00923. The SMILES string of the molecule is COc1ccc(C(=O)N2CC3(CN(Cc4ccccc4)CC3c3nc(C4CC4)n[nH]3)C2)cn1. The fraction of sp³-hybridized carbons (Fsp3) is 0.440. The Kier molecular flexibility index (Phi) is 4.90. The van der Waals surface area contributed by atoms with Gasteiger partial charge in [-0.1, -0.05) is 30.3 Å². The van der Waals surface area contributed by atoms with Crippen molar-refractivity contribution >= 4 is 5.91 Å². The van der Waals surface area contributed by atoms with Crippen LogP contribution in [-0.4, -0.2) is 69.2 Å². The molecule has 8 nitrogen and oxygen atoms in total. The van der Waals surface area contributed by atoms with Crippen LogP contribution in [0.15, 0.2) is 48.7 Å². The van der Waals surface area contributed by atoms with Crippen LogP contribution in [0.1, 0.15) is 52.2 Å². The zero-order valence-electron chi connectivity index (χ0n) is 18.8. The number of carbonyl (C=O) groups is 1. The third kappa shape index (κ3) is 3.78. The number of ether oxygens (including phenoxy) is 1. The van der Waals surface area contributed by atoms with Crippen LogP contribution in [0.5, 0.6) is 5.88 Å². The van der Waals surface area contributed by atoms with Crippen molar-refractivity contribution in [3.05, 3.63) is 71.4 Å². The Balaban J connectivity index is 1.21. The highest BCUT2D eigenvalue weighted by Gasteiger charge is 2.57. The summed E-state index contributed by atoms with van der Waals surface area (Å²) in [5.41, 5.74) is 1.89. The van der Waals surface area contributed by atoms with Crippen LogP contribution in [0.3, 0.4) is 0 Å². The fourth-order valence-electron chi connectivity index (χ4n) is 5.37. The molecule has 1 N–H and O–H groups in total. The standard InChI is InChI=1S/C25H28N6O2/c1-33-21-10-9-19(11-26-21)24(32)31-15-25(16-31)14-30(12-17-5-3-2-4-6-17)13-20(25)23-27-22(28-29-23)18-7-8-18/h2-6,9-11,18,20H,7-8,12-16H2,1H3,(H,27,28,29). The minimum absolute atomic E-state index is 0.00923. The number of pyridine rings is 1. The Labute approximate surface area is 193 Å². The molecule has 33 heavy (non-hydrogen) atoms. The van der Waals surface area contributed by atoms with Crippen molar-refractivity contribution in [3.63, 3.8) is 0 Å². The Bertz CT molecular complexity index is 1140. The molecule has 1 spiro atoms. The molecule has 1 unspecified atom stereocenters. The molecular formula is C25H28N6O2. The first-order valence-corrected chi connectivity index (χ1v) is 11.6. The number of benzene rings is 1. The van der Waals surface area contributed by atoms with Crippen molar-refractivity contribution < 1.29 is 9.53 Å². The molecule has 2 aromatic heterocycles. The molecule has 3 fully saturated rings. The normalized spacial score (nSPS) is 21.8. The summed E-state index contributed by atoms with van der Waals surface area (Å²) in [6.45, 7) is 4.19. The van der Waals surface area contributed by atoms with Gasteiger partial charge in [-0.3, -0.25) is 14.8 Å². The number of amides is 1. The lowest BCUT2D eigenvalue weighted by molar-refractivity contribution is 0.00176. The molecule has 1 aromatic carbocycles. The Morgan fingerprint density at radius 3 is 2.67 bits per heavy atom. The highest BCUT2D eigenvalue weighted by molar-refractivity contribution is 5.94. The van der Waals surface area contributed by atoms with Crippen LogP contribution in [0.25, 0.3) is 0 Å². The highest BCUT2D eigenvalue weighted by atomic mass is 16.5. The van der Waals surface area contributed by atoms with Crippen molar-refractivity contribution in [1.29, 1.82) is 0 Å². The molecule has 3 aromatic rings. The van der Waals surface area contributed by atoms with Crippen LogP contribution in [0.4, 0.5) is 0 Å². The third-order valence-electron chi connectivity index (χ3n) is 7.25. The van der Waals surface area contributed by atoms with Gasteiger partial charge in [-0.05, 0) is 24.5 Å². The van der Waals surface area contributed by atoms with Gasteiger partial charge in [-0.15, -0.1) is 0 Å². The second kappa shape index (κ2) is 7.95. The van der Waals surface area contributed by atoms with Crippen LogP contribution >= 0.6 is 0 Å². The molecule has 6 rings (SSSR count). The molecule has 1 aliphatic carbocycles. The Morgan fingerprint density at radius 2 is 1.97 bits per heavy atom. The molecule has 4 heterocycles. The highest BCUT2D eigenvalue weighted by Crippen LogP contribution is 2.49. The summed E-state index contributed by atoms with van der Waals surface area (Å²) in [5.74, 6) is 3.22. The van der Waals surface area contributed by atoms with E-state index < -0.39 is 0 Å². The maximum atomic E-state index is 13.1. The number of likely N-dealkylation sites (tertiary alicyclic amines) is 2. The molecular weight excluding hydrogens is 416 g/mol. The lowest BCUT2D eigenvalue weighted by Gasteiger charge is -2.50. The monoisotopic (exact) mass is 444 g/mol. The van der Waals surface area contributed by atoms with Crippen LogP contribution < -0.4 is 4.74 Å². The van der Waals surface area contributed by atoms with E-state index in [1.165, 1.54) is 18.4 Å². The molecule has 0 bridgehead atoms. The molecule has 1 amide bonds. The Hall–Kier alpha value is -3.26. The van der Waals surface area contributed by atoms with Gasteiger partial charge in [0.15, 0.2) is 5.82 Å². The van der Waals surface area contributed by atoms with Crippen LogP contribution in [0, 0.1) is 5.41 Å². The van der Waals surface area contributed by atoms with E-state index in [1.54, 1.807) is 25.4 Å². The van der Waals surface area contributed by atoms with Gasteiger partial charge in [-0.2, -0.15) is 5.10 Å².